The fourth-order valence-electron chi connectivity index (χ4n) is 7.04. The van der Waals surface area contributed by atoms with E-state index in [0.717, 1.165) is 47.2 Å². The maximum absolute atomic E-state index is 13.6. The van der Waals surface area contributed by atoms with Crippen molar-refractivity contribution >= 4 is 16.8 Å². The van der Waals surface area contributed by atoms with Gasteiger partial charge in [-0.25, -0.2) is 0 Å². The molecule has 0 radical (unpaired) electrons. The molecule has 6 unspecified atom stereocenters. The molecule has 2 aliphatic heterocycles. The third kappa shape index (κ3) is 3.03. The van der Waals surface area contributed by atoms with Crippen LogP contribution in [0.15, 0.2) is 40.9 Å². The Balaban J connectivity index is 1.29. The number of nitrogens with one attached hydrogen (secondary N) is 1. The number of aliphatic hydroxyl groups excluding tert-OH is 1. The highest BCUT2D eigenvalue weighted by Crippen LogP contribution is 2.52. The number of hydrogen-bond donors (Lipinski definition) is 2. The lowest BCUT2D eigenvalue weighted by Crippen LogP contribution is -2.64. The molecule has 2 saturated heterocycles. The summed E-state index contributed by atoms with van der Waals surface area (Å²) in [5.74, 6) is 2.22. The van der Waals surface area contributed by atoms with Crippen LogP contribution in [0.3, 0.4) is 0 Å². The molecule has 5 nitrogen and oxygen atoms in total. The molecule has 4 fully saturated rings. The summed E-state index contributed by atoms with van der Waals surface area (Å²) in [7, 11) is 0. The molecule has 1 aromatic carbocycles. The first-order valence-corrected chi connectivity index (χ1v) is 11.8. The molecule has 2 N–H and O–H groups in total. The minimum absolute atomic E-state index is 0.00183. The summed E-state index contributed by atoms with van der Waals surface area (Å²) in [5.41, 5.74) is 2.82. The summed E-state index contributed by atoms with van der Waals surface area (Å²) >= 11 is 0. The second-order valence-electron chi connectivity index (χ2n) is 10.1. The first kappa shape index (κ1) is 20.0. The van der Waals surface area contributed by atoms with Gasteiger partial charge in [0.1, 0.15) is 5.76 Å². The van der Waals surface area contributed by atoms with Crippen LogP contribution in [0.1, 0.15) is 50.5 Å². The first-order valence-electron chi connectivity index (χ1n) is 11.8. The summed E-state index contributed by atoms with van der Waals surface area (Å²) in [4.78, 5) is 19.0. The van der Waals surface area contributed by atoms with E-state index < -0.39 is 6.01 Å². The van der Waals surface area contributed by atoms with Gasteiger partial charge in [0, 0.05) is 59.8 Å². The Labute approximate surface area is 186 Å². The van der Waals surface area contributed by atoms with Crippen molar-refractivity contribution < 1.29 is 18.7 Å². The van der Waals surface area contributed by atoms with Gasteiger partial charge < -0.3 is 19.4 Å². The van der Waals surface area contributed by atoms with Crippen LogP contribution in [0.4, 0.5) is 4.39 Å². The van der Waals surface area contributed by atoms with Gasteiger partial charge in [0.05, 0.1) is 0 Å². The molecule has 2 aliphatic carbocycles. The lowest BCUT2D eigenvalue weighted by molar-refractivity contribution is -0.160. The Kier molecular flexibility index (Phi) is 4.68. The smallest absolute Gasteiger partial charge is 0.278 e. The molecule has 4 bridgehead atoms. The minimum atomic E-state index is -0.606. The molecule has 4 heterocycles. The predicted molar refractivity (Wildman–Crippen MR) is 119 cm³/mol. The predicted octanol–water partition coefficient (Wildman–Crippen LogP) is 5.07. The lowest BCUT2D eigenvalue weighted by Gasteiger charge is -2.60. The van der Waals surface area contributed by atoms with Crippen molar-refractivity contribution in [1.29, 1.82) is 0 Å². The topological polar surface area (TPSA) is 69.5 Å². The normalized spacial score (nSPS) is 29.7. The van der Waals surface area contributed by atoms with Crippen LogP contribution < -0.4 is 0 Å². The van der Waals surface area contributed by atoms with Crippen molar-refractivity contribution in [3.8, 4) is 11.3 Å². The largest absolute Gasteiger partial charge is 0.431 e. The summed E-state index contributed by atoms with van der Waals surface area (Å²) < 4.78 is 18.8. The number of benzene rings is 1. The van der Waals surface area contributed by atoms with Crippen molar-refractivity contribution in [2.24, 2.45) is 17.8 Å². The number of hydrogen-bond acceptors (Lipinski definition) is 3. The van der Waals surface area contributed by atoms with Crippen molar-refractivity contribution in [3.63, 3.8) is 0 Å². The molecule has 0 spiro atoms. The number of nitrogens with zero attached hydrogens (tertiary/aromatic N) is 1. The van der Waals surface area contributed by atoms with E-state index in [1.54, 1.807) is 6.07 Å². The van der Waals surface area contributed by atoms with E-state index in [0.29, 0.717) is 24.1 Å². The third-order valence-electron chi connectivity index (χ3n) is 8.33. The number of piperidine rings is 2. The molecular weight excluding hydrogens is 407 g/mol. The molecule has 7 rings (SSSR count). The highest BCUT2D eigenvalue weighted by molar-refractivity contribution is 5.97. The van der Waals surface area contributed by atoms with Gasteiger partial charge in [-0.15, -0.1) is 0 Å². The van der Waals surface area contributed by atoms with Crippen LogP contribution in [-0.2, 0) is 4.79 Å². The Morgan fingerprint density at radius 3 is 2.91 bits per heavy atom. The van der Waals surface area contributed by atoms with Crippen molar-refractivity contribution in [1.82, 2.24) is 9.88 Å². The van der Waals surface area contributed by atoms with Crippen molar-refractivity contribution in [2.45, 2.75) is 57.0 Å². The van der Waals surface area contributed by atoms with E-state index in [-0.39, 0.29) is 30.4 Å². The molecule has 1 amide bonds. The Morgan fingerprint density at radius 2 is 2.12 bits per heavy atom. The van der Waals surface area contributed by atoms with Gasteiger partial charge in [0.15, 0.2) is 0 Å². The van der Waals surface area contributed by atoms with Crippen LogP contribution in [0.5, 0.6) is 0 Å². The van der Waals surface area contributed by atoms with Crippen LogP contribution in [-0.4, -0.2) is 39.6 Å². The van der Waals surface area contributed by atoms with Crippen LogP contribution in [0.25, 0.3) is 22.2 Å². The van der Waals surface area contributed by atoms with Crippen molar-refractivity contribution in [3.05, 3.63) is 48.1 Å². The lowest BCUT2D eigenvalue weighted by atomic mass is 9.58. The number of fused-ring (bicyclic) bond motifs is 1. The fraction of sp³-hybridized carbons (Fsp3) is 0.500. The zero-order chi connectivity index (χ0) is 22.0. The number of carbonyl (C=O) groups is 1. The van der Waals surface area contributed by atoms with Crippen LogP contribution in [0, 0.1) is 23.8 Å². The van der Waals surface area contributed by atoms with E-state index in [9.17, 15) is 14.3 Å². The molecular formula is C26H29FN2O3. The number of carbonyl (C=O) groups excluding carboxylic acids is 1. The van der Waals surface area contributed by atoms with Crippen molar-refractivity contribution in [2.75, 3.05) is 6.61 Å². The number of halogens is 1. The highest BCUT2D eigenvalue weighted by Gasteiger charge is 2.53. The monoisotopic (exact) mass is 436 g/mol. The van der Waals surface area contributed by atoms with Crippen LogP contribution in [0.2, 0.25) is 0 Å². The summed E-state index contributed by atoms with van der Waals surface area (Å²) in [6.45, 7) is 2.26. The van der Waals surface area contributed by atoms with Crippen LogP contribution >= 0.6 is 0 Å². The van der Waals surface area contributed by atoms with E-state index in [4.69, 9.17) is 4.42 Å². The van der Waals surface area contributed by atoms with Gasteiger partial charge >= 0.3 is 0 Å². The SMILES string of the molecule is CC(CC(=O)N1C2CC3CC(C2)C(CO)C1C3)c1c[nH]c2cccc(-c3ccc(F)o3)c12. The number of rotatable bonds is 5. The Bertz CT molecular complexity index is 1170. The molecule has 2 aromatic heterocycles. The summed E-state index contributed by atoms with van der Waals surface area (Å²) in [6, 6.07) is 8.74. The summed E-state index contributed by atoms with van der Waals surface area (Å²) in [5, 5.41) is 11.0. The molecule has 3 aromatic rings. The molecule has 2 saturated carbocycles. The van der Waals surface area contributed by atoms with Gasteiger partial charge in [-0.3, -0.25) is 4.79 Å². The van der Waals surface area contributed by atoms with E-state index >= 15 is 0 Å². The number of amides is 1. The summed E-state index contributed by atoms with van der Waals surface area (Å²) in [6.07, 6.45) is 6.82. The van der Waals surface area contributed by atoms with E-state index in [1.165, 1.54) is 12.5 Å². The number of aliphatic hydroxyl groups is 1. The zero-order valence-electron chi connectivity index (χ0n) is 18.3. The Morgan fingerprint density at radius 1 is 1.25 bits per heavy atom. The standard InChI is InChI=1S/C26H29FN2O3/c1-14(7-25(31)29-17-9-15-8-16(11-17)20(13-30)22(29)10-15)19-12-28-21-4-2-3-18(26(19)21)23-5-6-24(27)32-23/h2-6,12,14-17,20,22,28,30H,7-11,13H2,1H3. The molecule has 4 aliphatic rings. The third-order valence-corrected chi connectivity index (χ3v) is 8.33. The minimum Gasteiger partial charge on any atom is -0.431 e. The quantitative estimate of drug-likeness (QED) is 0.587. The maximum atomic E-state index is 13.6. The number of aromatic amines is 1. The zero-order valence-corrected chi connectivity index (χ0v) is 18.3. The van der Waals surface area contributed by atoms with Gasteiger partial charge in [-0.05, 0) is 61.1 Å². The first-order chi connectivity index (χ1) is 15.5. The van der Waals surface area contributed by atoms with Gasteiger partial charge in [0.2, 0.25) is 5.91 Å². The molecule has 168 valence electrons. The average Bonchev–Trinajstić information content (AvgIpc) is 3.39. The second kappa shape index (κ2) is 7.48. The maximum Gasteiger partial charge on any atom is 0.278 e. The van der Waals surface area contributed by atoms with Gasteiger partial charge in [-0.1, -0.05) is 19.1 Å². The fourth-order valence-corrected chi connectivity index (χ4v) is 7.04. The number of aromatic nitrogens is 1. The second-order valence-corrected chi connectivity index (χ2v) is 10.1. The van der Waals surface area contributed by atoms with Gasteiger partial charge in [-0.2, -0.15) is 4.39 Å². The average molecular weight is 437 g/mol. The molecule has 32 heavy (non-hydrogen) atoms. The van der Waals surface area contributed by atoms with E-state index in [2.05, 4.69) is 16.8 Å². The number of H-pyrrole nitrogens is 1. The highest BCUT2D eigenvalue weighted by atomic mass is 19.1. The van der Waals surface area contributed by atoms with E-state index in [1.807, 2.05) is 24.4 Å². The molecule has 6 heteroatoms. The number of furan rings is 1. The molecule has 6 atom stereocenters. The Hall–Kier alpha value is -2.60. The van der Waals surface area contributed by atoms with Gasteiger partial charge in [0.25, 0.3) is 6.01 Å².